The van der Waals surface area contributed by atoms with Crippen LogP contribution in [0.25, 0.3) is 23.3 Å². The van der Waals surface area contributed by atoms with Gasteiger partial charge in [0, 0.05) is 27.2 Å². The fourth-order valence-electron chi connectivity index (χ4n) is 3.07. The first-order chi connectivity index (χ1) is 13.5. The quantitative estimate of drug-likeness (QED) is 0.583. The molecule has 0 amide bonds. The molecule has 3 rings (SSSR count). The van der Waals surface area contributed by atoms with E-state index in [9.17, 15) is 9.59 Å². The van der Waals surface area contributed by atoms with Crippen LogP contribution in [0.4, 0.5) is 0 Å². The molecular weight excluding hydrogens is 360 g/mol. The average Bonchev–Trinajstić information content (AvgIpc) is 3.02. The minimum Gasteiger partial charge on any atom is -0.468 e. The number of benzene rings is 1. The summed E-state index contributed by atoms with van der Waals surface area (Å²) in [6, 6.07) is 7.52. The highest BCUT2D eigenvalue weighted by atomic mass is 16.7. The van der Waals surface area contributed by atoms with Gasteiger partial charge < -0.3 is 14.0 Å². The number of ether oxygens (including phenoxy) is 2. The fourth-order valence-corrected chi connectivity index (χ4v) is 3.07. The molecule has 0 radical (unpaired) electrons. The maximum atomic E-state index is 12.7. The van der Waals surface area contributed by atoms with E-state index in [4.69, 9.17) is 9.47 Å². The highest BCUT2D eigenvalue weighted by Gasteiger charge is 2.17. The maximum Gasteiger partial charge on any atom is 0.332 e. The Morgan fingerprint density at radius 2 is 1.71 bits per heavy atom. The lowest BCUT2D eigenvalue weighted by Gasteiger charge is -2.08. The molecule has 0 aliphatic heterocycles. The van der Waals surface area contributed by atoms with Crippen LogP contribution in [0.5, 0.6) is 5.75 Å². The standard InChI is InChI=1S/C20H24N4O4/c1-5-23-18-17(19(25)24(6-2)20(23)26)22(3)16(21-18)12-9-14-7-10-15(11-8-14)28-13-27-4/h7-12H,5-6,13H2,1-4H3/b12-9+. The molecule has 2 heterocycles. The van der Waals surface area contributed by atoms with Crippen molar-refractivity contribution >= 4 is 23.3 Å². The molecule has 0 saturated carbocycles. The lowest BCUT2D eigenvalue weighted by atomic mass is 10.2. The first-order valence-electron chi connectivity index (χ1n) is 9.11. The van der Waals surface area contributed by atoms with Crippen LogP contribution >= 0.6 is 0 Å². The molecule has 0 bridgehead atoms. The third-order valence-electron chi connectivity index (χ3n) is 4.56. The predicted octanol–water partition coefficient (Wildman–Crippen LogP) is 2.09. The van der Waals surface area contributed by atoms with E-state index in [0.29, 0.717) is 35.8 Å². The zero-order chi connectivity index (χ0) is 20.3. The van der Waals surface area contributed by atoms with Crippen LogP contribution in [0.15, 0.2) is 33.9 Å². The Kier molecular flexibility index (Phi) is 5.79. The number of fused-ring (bicyclic) bond motifs is 1. The number of hydrogen-bond acceptors (Lipinski definition) is 5. The fraction of sp³-hybridized carbons (Fsp3) is 0.350. The number of methoxy groups -OCH3 is 1. The largest absolute Gasteiger partial charge is 0.468 e. The van der Waals surface area contributed by atoms with E-state index in [1.165, 1.54) is 9.13 Å². The highest BCUT2D eigenvalue weighted by Crippen LogP contribution is 2.16. The van der Waals surface area contributed by atoms with E-state index < -0.39 is 0 Å². The summed E-state index contributed by atoms with van der Waals surface area (Å²) in [4.78, 5) is 29.8. The van der Waals surface area contributed by atoms with Crippen molar-refractivity contribution in [2.75, 3.05) is 13.9 Å². The molecule has 0 saturated heterocycles. The van der Waals surface area contributed by atoms with Gasteiger partial charge in [0.15, 0.2) is 18.0 Å². The average molecular weight is 384 g/mol. The molecule has 0 aliphatic rings. The van der Waals surface area contributed by atoms with Crippen LogP contribution in [0.2, 0.25) is 0 Å². The van der Waals surface area contributed by atoms with Gasteiger partial charge in [-0.05, 0) is 37.6 Å². The Bertz CT molecular complexity index is 1120. The van der Waals surface area contributed by atoms with E-state index in [-0.39, 0.29) is 18.0 Å². The molecule has 0 aliphatic carbocycles. The summed E-state index contributed by atoms with van der Waals surface area (Å²) < 4.78 is 14.7. The summed E-state index contributed by atoms with van der Waals surface area (Å²) in [7, 11) is 3.35. The van der Waals surface area contributed by atoms with E-state index in [1.807, 2.05) is 43.3 Å². The molecule has 8 heteroatoms. The van der Waals surface area contributed by atoms with Crippen molar-refractivity contribution in [3.8, 4) is 5.75 Å². The van der Waals surface area contributed by atoms with Crippen molar-refractivity contribution in [3.63, 3.8) is 0 Å². The van der Waals surface area contributed by atoms with Crippen LogP contribution in [-0.4, -0.2) is 32.6 Å². The van der Waals surface area contributed by atoms with Gasteiger partial charge >= 0.3 is 5.69 Å². The lowest BCUT2D eigenvalue weighted by Crippen LogP contribution is -2.39. The summed E-state index contributed by atoms with van der Waals surface area (Å²) in [5.74, 6) is 1.32. The molecule has 28 heavy (non-hydrogen) atoms. The Labute approximate surface area is 162 Å². The molecule has 0 N–H and O–H groups in total. The zero-order valence-corrected chi connectivity index (χ0v) is 16.5. The number of rotatable bonds is 7. The number of nitrogens with zero attached hydrogens (tertiary/aromatic N) is 4. The third kappa shape index (κ3) is 3.50. The molecule has 0 atom stereocenters. The van der Waals surface area contributed by atoms with Crippen molar-refractivity contribution in [1.82, 2.24) is 18.7 Å². The first-order valence-corrected chi connectivity index (χ1v) is 9.11. The van der Waals surface area contributed by atoms with Crippen molar-refractivity contribution < 1.29 is 9.47 Å². The second-order valence-corrected chi connectivity index (χ2v) is 6.23. The van der Waals surface area contributed by atoms with Crippen LogP contribution in [0.1, 0.15) is 25.2 Å². The van der Waals surface area contributed by atoms with Crippen molar-refractivity contribution in [1.29, 1.82) is 0 Å². The van der Waals surface area contributed by atoms with Crippen LogP contribution < -0.4 is 16.0 Å². The van der Waals surface area contributed by atoms with Crippen LogP contribution in [0.3, 0.4) is 0 Å². The van der Waals surface area contributed by atoms with Gasteiger partial charge in [-0.3, -0.25) is 13.9 Å². The molecule has 0 spiro atoms. The second kappa shape index (κ2) is 8.26. The van der Waals surface area contributed by atoms with Crippen molar-refractivity contribution in [2.24, 2.45) is 7.05 Å². The van der Waals surface area contributed by atoms with Crippen molar-refractivity contribution in [2.45, 2.75) is 26.9 Å². The molecule has 0 unspecified atom stereocenters. The van der Waals surface area contributed by atoms with Gasteiger partial charge in [0.25, 0.3) is 5.56 Å². The van der Waals surface area contributed by atoms with Gasteiger partial charge in [-0.25, -0.2) is 9.78 Å². The van der Waals surface area contributed by atoms with Gasteiger partial charge in [0.05, 0.1) is 0 Å². The second-order valence-electron chi connectivity index (χ2n) is 6.23. The summed E-state index contributed by atoms with van der Waals surface area (Å²) in [6.45, 7) is 4.61. The molecule has 8 nitrogen and oxygen atoms in total. The van der Waals surface area contributed by atoms with Gasteiger partial charge in [0.1, 0.15) is 11.6 Å². The highest BCUT2D eigenvalue weighted by molar-refractivity contribution is 5.76. The summed E-state index contributed by atoms with van der Waals surface area (Å²) in [6.07, 6.45) is 3.72. The minimum absolute atomic E-state index is 0.198. The smallest absolute Gasteiger partial charge is 0.332 e. The topological polar surface area (TPSA) is 80.3 Å². The Hall–Kier alpha value is -3.13. The number of aryl methyl sites for hydroxylation is 2. The normalized spacial score (nSPS) is 11.6. The van der Waals surface area contributed by atoms with E-state index in [2.05, 4.69) is 4.98 Å². The predicted molar refractivity (Wildman–Crippen MR) is 108 cm³/mol. The third-order valence-corrected chi connectivity index (χ3v) is 4.56. The summed E-state index contributed by atoms with van der Waals surface area (Å²) in [5.41, 5.74) is 1.14. The van der Waals surface area contributed by atoms with E-state index in [1.54, 1.807) is 25.6 Å². The van der Waals surface area contributed by atoms with Gasteiger partial charge in [-0.2, -0.15) is 0 Å². The molecule has 148 valence electrons. The monoisotopic (exact) mass is 384 g/mol. The number of imidazole rings is 1. The zero-order valence-electron chi connectivity index (χ0n) is 16.5. The first kappa shape index (κ1) is 19.6. The lowest BCUT2D eigenvalue weighted by molar-refractivity contribution is 0.0511. The molecule has 2 aromatic heterocycles. The van der Waals surface area contributed by atoms with Gasteiger partial charge in [0.2, 0.25) is 0 Å². The Morgan fingerprint density at radius 3 is 2.32 bits per heavy atom. The van der Waals surface area contributed by atoms with E-state index in [0.717, 1.165) is 5.56 Å². The van der Waals surface area contributed by atoms with Crippen LogP contribution in [0, 0.1) is 0 Å². The molecule has 3 aromatic rings. The minimum atomic E-state index is -0.331. The maximum absolute atomic E-state index is 12.7. The van der Waals surface area contributed by atoms with Gasteiger partial charge in [-0.15, -0.1) is 0 Å². The molecule has 0 fully saturated rings. The summed E-state index contributed by atoms with van der Waals surface area (Å²) in [5, 5.41) is 0. The molecular formula is C20H24N4O4. The van der Waals surface area contributed by atoms with Gasteiger partial charge in [-0.1, -0.05) is 18.2 Å². The molecule has 1 aromatic carbocycles. The number of aromatic nitrogens is 4. The van der Waals surface area contributed by atoms with Crippen molar-refractivity contribution in [3.05, 3.63) is 56.5 Å². The van der Waals surface area contributed by atoms with Crippen LogP contribution in [-0.2, 0) is 24.9 Å². The SMILES string of the molecule is CCn1c(=O)c2c(nc(/C=C/c3ccc(OCOC)cc3)n2C)n(CC)c1=O. The number of hydrogen-bond donors (Lipinski definition) is 0. The Morgan fingerprint density at radius 1 is 1.04 bits per heavy atom. The van der Waals surface area contributed by atoms with E-state index >= 15 is 0 Å². The Balaban J connectivity index is 2.01. The summed E-state index contributed by atoms with van der Waals surface area (Å²) >= 11 is 0.